The molecule has 0 N–H and O–H groups in total. The molecule has 9 heteroatoms. The Morgan fingerprint density at radius 1 is 1.19 bits per heavy atom. The first-order valence-electron chi connectivity index (χ1n) is 10.5. The van der Waals surface area contributed by atoms with Crippen molar-refractivity contribution < 1.29 is 14.1 Å². The molecular formula is C23H24N6O3. The predicted octanol–water partition coefficient (Wildman–Crippen LogP) is 2.48. The number of nitriles is 1. The number of aromatic nitrogens is 3. The summed E-state index contributed by atoms with van der Waals surface area (Å²) in [4.78, 5) is 25.1. The topological polar surface area (TPSA) is 108 Å². The van der Waals surface area contributed by atoms with Gasteiger partial charge in [-0.15, -0.1) is 0 Å². The Hall–Kier alpha value is -3.77. The Balaban J connectivity index is 1.28. The molecule has 1 aromatic carbocycles. The van der Waals surface area contributed by atoms with Crippen LogP contribution in [0.2, 0.25) is 0 Å². The lowest BCUT2D eigenvalue weighted by Gasteiger charge is -2.37. The molecule has 0 aliphatic carbocycles. The van der Waals surface area contributed by atoms with Gasteiger partial charge in [-0.25, -0.2) is 0 Å². The van der Waals surface area contributed by atoms with E-state index in [0.717, 1.165) is 11.3 Å². The summed E-state index contributed by atoms with van der Waals surface area (Å²) in [6.45, 7) is 2.44. The van der Waals surface area contributed by atoms with E-state index in [9.17, 15) is 10.1 Å². The molecular weight excluding hydrogens is 408 g/mol. The van der Waals surface area contributed by atoms with Crippen molar-refractivity contribution in [3.63, 3.8) is 0 Å². The van der Waals surface area contributed by atoms with Crippen molar-refractivity contribution >= 4 is 5.91 Å². The van der Waals surface area contributed by atoms with Crippen molar-refractivity contribution in [1.29, 1.82) is 5.26 Å². The van der Waals surface area contributed by atoms with Crippen molar-refractivity contribution in [2.24, 2.45) is 0 Å². The van der Waals surface area contributed by atoms with Crippen LogP contribution in [0.1, 0.15) is 23.9 Å². The second-order valence-electron chi connectivity index (χ2n) is 7.45. The van der Waals surface area contributed by atoms with Crippen LogP contribution >= 0.6 is 0 Å². The number of nitrogens with zero attached hydrogens (tertiary/aromatic N) is 6. The van der Waals surface area contributed by atoms with Gasteiger partial charge in [0.15, 0.2) is 0 Å². The fourth-order valence-electron chi connectivity index (χ4n) is 3.71. The third-order valence-electron chi connectivity index (χ3n) is 5.50. The van der Waals surface area contributed by atoms with Crippen LogP contribution in [0.5, 0.6) is 5.75 Å². The number of pyridine rings is 1. The number of piperazine rings is 1. The van der Waals surface area contributed by atoms with Crippen LogP contribution in [0.25, 0.3) is 11.5 Å². The molecule has 0 saturated carbocycles. The molecule has 3 heterocycles. The fraction of sp³-hybridized carbons (Fsp3) is 0.348. The van der Waals surface area contributed by atoms with E-state index in [1.807, 2.05) is 41.3 Å². The summed E-state index contributed by atoms with van der Waals surface area (Å²) in [6.07, 6.45) is 2.34. The van der Waals surface area contributed by atoms with Crippen LogP contribution in [0.15, 0.2) is 53.2 Å². The van der Waals surface area contributed by atoms with Gasteiger partial charge in [0.25, 0.3) is 0 Å². The largest absolute Gasteiger partial charge is 0.497 e. The number of ether oxygens (including phenoxy) is 1. The minimum Gasteiger partial charge on any atom is -0.497 e. The molecule has 164 valence electrons. The van der Waals surface area contributed by atoms with Crippen LogP contribution in [0.4, 0.5) is 0 Å². The fourth-order valence-corrected chi connectivity index (χ4v) is 3.71. The molecule has 1 saturated heterocycles. The molecule has 1 atom stereocenters. The second-order valence-corrected chi connectivity index (χ2v) is 7.45. The number of rotatable bonds is 7. The number of carbonyl (C=O) groups is 1. The zero-order chi connectivity index (χ0) is 22.3. The maximum Gasteiger partial charge on any atom is 0.227 e. The van der Waals surface area contributed by atoms with E-state index in [2.05, 4.69) is 26.1 Å². The third kappa shape index (κ3) is 4.92. The first kappa shape index (κ1) is 21.5. The van der Waals surface area contributed by atoms with Crippen molar-refractivity contribution in [1.82, 2.24) is 24.9 Å². The van der Waals surface area contributed by atoms with Gasteiger partial charge in [0.05, 0.1) is 13.2 Å². The minimum absolute atomic E-state index is 0.0418. The van der Waals surface area contributed by atoms with Gasteiger partial charge in [0, 0.05) is 45.2 Å². The molecule has 3 aromatic rings. The number of methoxy groups -OCH3 is 1. The van der Waals surface area contributed by atoms with E-state index in [4.69, 9.17) is 9.26 Å². The first-order chi connectivity index (χ1) is 15.7. The second kappa shape index (κ2) is 10.0. The molecule has 32 heavy (non-hydrogen) atoms. The average molecular weight is 432 g/mol. The monoisotopic (exact) mass is 432 g/mol. The summed E-state index contributed by atoms with van der Waals surface area (Å²) in [6, 6.07) is 15.0. The Labute approximate surface area is 186 Å². The van der Waals surface area contributed by atoms with E-state index in [-0.39, 0.29) is 11.9 Å². The smallest absolute Gasteiger partial charge is 0.227 e. The lowest BCUT2D eigenvalue weighted by Crippen LogP contribution is -2.49. The standard InChI is InChI=1S/C23H24N6O3/c1-31-18-7-5-17(6-8-18)20(16-24)28-12-14-29(15-13-28)22(30)10-9-21-26-23(27-32-21)19-4-2-3-11-25-19/h2-8,11,20H,9-10,12-15H2,1H3. The van der Waals surface area contributed by atoms with Crippen LogP contribution in [-0.2, 0) is 11.2 Å². The molecule has 1 unspecified atom stereocenters. The average Bonchev–Trinajstić information content (AvgIpc) is 3.33. The quantitative estimate of drug-likeness (QED) is 0.560. The van der Waals surface area contributed by atoms with Gasteiger partial charge in [0.2, 0.25) is 17.6 Å². The molecule has 2 aromatic heterocycles. The molecule has 4 rings (SSSR count). The molecule has 1 aliphatic heterocycles. The summed E-state index contributed by atoms with van der Waals surface area (Å²) in [5, 5.41) is 13.6. The molecule has 9 nitrogen and oxygen atoms in total. The summed E-state index contributed by atoms with van der Waals surface area (Å²) >= 11 is 0. The molecule has 1 fully saturated rings. The van der Waals surface area contributed by atoms with Crippen LogP contribution < -0.4 is 4.74 Å². The van der Waals surface area contributed by atoms with E-state index < -0.39 is 0 Å². The summed E-state index contributed by atoms with van der Waals surface area (Å²) in [5.41, 5.74) is 1.56. The van der Waals surface area contributed by atoms with E-state index in [1.54, 1.807) is 19.4 Å². The van der Waals surface area contributed by atoms with E-state index in [1.165, 1.54) is 0 Å². The van der Waals surface area contributed by atoms with Gasteiger partial charge < -0.3 is 14.2 Å². The van der Waals surface area contributed by atoms with Crippen molar-refractivity contribution in [2.75, 3.05) is 33.3 Å². The number of hydrogen-bond acceptors (Lipinski definition) is 8. The van der Waals surface area contributed by atoms with Crippen LogP contribution in [0, 0.1) is 11.3 Å². The van der Waals surface area contributed by atoms with Crippen molar-refractivity contribution in [2.45, 2.75) is 18.9 Å². The summed E-state index contributed by atoms with van der Waals surface area (Å²) in [5.74, 6) is 1.64. The number of hydrogen-bond donors (Lipinski definition) is 0. The molecule has 1 amide bonds. The van der Waals surface area contributed by atoms with Gasteiger partial charge in [-0.3, -0.25) is 14.7 Å². The summed E-state index contributed by atoms with van der Waals surface area (Å²) in [7, 11) is 1.62. The Bertz CT molecular complexity index is 1070. The van der Waals surface area contributed by atoms with Gasteiger partial charge in [-0.05, 0) is 29.8 Å². The van der Waals surface area contributed by atoms with Gasteiger partial charge in [0.1, 0.15) is 17.5 Å². The molecule has 0 spiro atoms. The zero-order valence-corrected chi connectivity index (χ0v) is 17.8. The van der Waals surface area contributed by atoms with Crippen molar-refractivity contribution in [3.8, 4) is 23.3 Å². The number of benzene rings is 1. The number of aryl methyl sites for hydroxylation is 1. The van der Waals surface area contributed by atoms with Crippen LogP contribution in [0.3, 0.4) is 0 Å². The Morgan fingerprint density at radius 2 is 1.97 bits per heavy atom. The third-order valence-corrected chi connectivity index (χ3v) is 5.50. The van der Waals surface area contributed by atoms with Gasteiger partial charge >= 0.3 is 0 Å². The highest BCUT2D eigenvalue weighted by Crippen LogP contribution is 2.24. The lowest BCUT2D eigenvalue weighted by atomic mass is 10.1. The Morgan fingerprint density at radius 3 is 2.62 bits per heavy atom. The maximum absolute atomic E-state index is 12.7. The SMILES string of the molecule is COc1ccc(C(C#N)N2CCN(C(=O)CCc3nc(-c4ccccn4)no3)CC2)cc1. The predicted molar refractivity (Wildman–Crippen MR) is 115 cm³/mol. The summed E-state index contributed by atoms with van der Waals surface area (Å²) < 4.78 is 10.4. The number of amides is 1. The van der Waals surface area contributed by atoms with Gasteiger partial charge in [-0.2, -0.15) is 10.2 Å². The molecule has 0 bridgehead atoms. The Kier molecular flexibility index (Phi) is 6.72. The van der Waals surface area contributed by atoms with Gasteiger partial charge in [-0.1, -0.05) is 23.4 Å². The normalized spacial score (nSPS) is 15.2. The molecule has 0 radical (unpaired) electrons. The lowest BCUT2D eigenvalue weighted by molar-refractivity contribution is -0.133. The number of carbonyl (C=O) groups excluding carboxylic acids is 1. The molecule has 1 aliphatic rings. The van der Waals surface area contributed by atoms with E-state index in [0.29, 0.717) is 56.4 Å². The zero-order valence-electron chi connectivity index (χ0n) is 17.8. The first-order valence-corrected chi connectivity index (χ1v) is 10.5. The highest BCUT2D eigenvalue weighted by Gasteiger charge is 2.27. The van der Waals surface area contributed by atoms with E-state index >= 15 is 0 Å². The van der Waals surface area contributed by atoms with Crippen LogP contribution in [-0.4, -0.2) is 64.1 Å². The highest BCUT2D eigenvalue weighted by atomic mass is 16.5. The maximum atomic E-state index is 12.7. The van der Waals surface area contributed by atoms with Crippen molar-refractivity contribution in [3.05, 3.63) is 60.1 Å². The highest BCUT2D eigenvalue weighted by molar-refractivity contribution is 5.76. The minimum atomic E-state index is -0.346.